The highest BCUT2D eigenvalue weighted by atomic mass is 28.4. The molecule has 0 fully saturated rings. The molecule has 40 heavy (non-hydrogen) atoms. The van der Waals surface area contributed by atoms with Gasteiger partial charge in [0.05, 0.1) is 30.3 Å². The number of fused-ring (bicyclic) bond motifs is 1. The lowest BCUT2D eigenvalue weighted by Gasteiger charge is -2.44. The number of alkyl carbamates (subject to hydrolysis) is 1. The Morgan fingerprint density at radius 2 is 1.23 bits per heavy atom. The van der Waals surface area contributed by atoms with Crippen LogP contribution < -0.4 is 15.7 Å². The van der Waals surface area contributed by atoms with Gasteiger partial charge in [-0.05, 0) is 48.3 Å². The third-order valence-electron chi connectivity index (χ3n) is 6.92. The summed E-state index contributed by atoms with van der Waals surface area (Å²) in [7, 11) is -2.94. The number of amides is 3. The van der Waals surface area contributed by atoms with Gasteiger partial charge in [0.2, 0.25) is 0 Å². The van der Waals surface area contributed by atoms with Crippen LogP contribution in [-0.4, -0.2) is 55.9 Å². The molecule has 7 nitrogen and oxygen atoms in total. The maximum absolute atomic E-state index is 13.2. The molecule has 3 amide bonds. The number of imide groups is 1. The van der Waals surface area contributed by atoms with Gasteiger partial charge in [0, 0.05) is 0 Å². The molecule has 0 saturated carbocycles. The lowest BCUT2D eigenvalue weighted by atomic mass is 10.1. The average molecular weight is 559 g/mol. The number of hydrogen-bond donors (Lipinski definition) is 1. The third kappa shape index (κ3) is 6.03. The Morgan fingerprint density at radius 3 is 1.65 bits per heavy atom. The van der Waals surface area contributed by atoms with Gasteiger partial charge in [0.15, 0.2) is 0 Å². The molecule has 3 aromatic carbocycles. The molecule has 0 spiro atoms. The second-order valence-corrected chi connectivity index (χ2v) is 16.4. The Hall–Kier alpha value is -3.75. The highest BCUT2D eigenvalue weighted by molar-refractivity contribution is 6.99. The zero-order valence-electron chi connectivity index (χ0n) is 24.1. The lowest BCUT2D eigenvalue weighted by molar-refractivity contribution is 0.0442. The average Bonchev–Trinajstić information content (AvgIpc) is 3.13. The first-order valence-electron chi connectivity index (χ1n) is 13.5. The van der Waals surface area contributed by atoms with E-state index >= 15 is 0 Å². The van der Waals surface area contributed by atoms with Crippen molar-refractivity contribution in [1.82, 2.24) is 10.2 Å². The van der Waals surface area contributed by atoms with E-state index < -0.39 is 26.1 Å². The normalized spacial score (nSPS) is 14.6. The number of hydrogen-bond acceptors (Lipinski definition) is 5. The molecule has 210 valence electrons. The van der Waals surface area contributed by atoms with Crippen molar-refractivity contribution in [3.8, 4) is 0 Å². The zero-order chi connectivity index (χ0) is 29.1. The number of ether oxygens (including phenoxy) is 1. The maximum Gasteiger partial charge on any atom is 0.408 e. The van der Waals surface area contributed by atoms with Gasteiger partial charge in [-0.2, -0.15) is 0 Å². The molecule has 1 aliphatic heterocycles. The molecule has 1 N–H and O–H groups in total. The molecule has 0 unspecified atom stereocenters. The van der Waals surface area contributed by atoms with Gasteiger partial charge in [0.1, 0.15) is 5.60 Å². The van der Waals surface area contributed by atoms with Crippen LogP contribution in [0.5, 0.6) is 0 Å². The minimum absolute atomic E-state index is 0.0518. The first-order chi connectivity index (χ1) is 18.8. The standard InChI is InChI=1S/C32H38N2O5Si/c1-31(2,3)39-30(37)33-23(21-34-28(35)26-19-13-14-20-27(26)29(34)36)22-38-40(32(4,5)6,24-15-9-7-10-16-24)25-17-11-8-12-18-25/h7-20,23H,21-22H2,1-6H3,(H,33,37)/t23-/m0/s1. The summed E-state index contributed by atoms with van der Waals surface area (Å²) >= 11 is 0. The molecular weight excluding hydrogens is 520 g/mol. The highest BCUT2D eigenvalue weighted by Gasteiger charge is 2.50. The van der Waals surface area contributed by atoms with Crippen LogP contribution in [0.4, 0.5) is 4.79 Å². The molecule has 1 atom stereocenters. The summed E-state index contributed by atoms with van der Waals surface area (Å²) < 4.78 is 12.6. The monoisotopic (exact) mass is 558 g/mol. The number of rotatable bonds is 8. The van der Waals surface area contributed by atoms with E-state index in [1.165, 1.54) is 4.90 Å². The molecule has 0 aliphatic carbocycles. The predicted molar refractivity (Wildman–Crippen MR) is 159 cm³/mol. The molecule has 0 saturated heterocycles. The van der Waals surface area contributed by atoms with Crippen LogP contribution >= 0.6 is 0 Å². The van der Waals surface area contributed by atoms with Crippen LogP contribution in [-0.2, 0) is 9.16 Å². The van der Waals surface area contributed by atoms with Crippen LogP contribution in [0.1, 0.15) is 62.3 Å². The van der Waals surface area contributed by atoms with Gasteiger partial charge in [0.25, 0.3) is 20.1 Å². The Labute approximate surface area is 237 Å². The smallest absolute Gasteiger partial charge is 0.408 e. The van der Waals surface area contributed by atoms with Crippen LogP contribution in [0.15, 0.2) is 84.9 Å². The minimum atomic E-state index is -2.94. The predicted octanol–water partition coefficient (Wildman–Crippen LogP) is 4.75. The summed E-state index contributed by atoms with van der Waals surface area (Å²) in [5.41, 5.74) is -0.00365. The fourth-order valence-corrected chi connectivity index (χ4v) is 9.83. The van der Waals surface area contributed by atoms with Crippen molar-refractivity contribution in [2.24, 2.45) is 0 Å². The fraction of sp³-hybridized carbons (Fsp3) is 0.344. The van der Waals surface area contributed by atoms with E-state index in [1.54, 1.807) is 45.0 Å². The molecule has 0 aromatic heterocycles. The number of nitrogens with one attached hydrogen (secondary N) is 1. The van der Waals surface area contributed by atoms with Crippen molar-refractivity contribution < 1.29 is 23.5 Å². The summed E-state index contributed by atoms with van der Waals surface area (Å²) in [6.45, 7) is 11.9. The summed E-state index contributed by atoms with van der Waals surface area (Å²) in [5.74, 6) is -0.774. The zero-order valence-corrected chi connectivity index (χ0v) is 25.1. The van der Waals surface area contributed by atoms with Gasteiger partial charge in [-0.3, -0.25) is 14.5 Å². The summed E-state index contributed by atoms with van der Waals surface area (Å²) in [4.78, 5) is 40.5. The van der Waals surface area contributed by atoms with Crippen molar-refractivity contribution in [3.63, 3.8) is 0 Å². The molecule has 4 rings (SSSR count). The van der Waals surface area contributed by atoms with E-state index in [9.17, 15) is 14.4 Å². The van der Waals surface area contributed by atoms with Gasteiger partial charge in [-0.25, -0.2) is 4.79 Å². The quantitative estimate of drug-likeness (QED) is 0.319. The number of nitrogens with zero attached hydrogens (tertiary/aromatic N) is 1. The lowest BCUT2D eigenvalue weighted by Crippen LogP contribution is -2.67. The summed E-state index contributed by atoms with van der Waals surface area (Å²) in [6, 6.07) is 26.4. The first kappa shape index (κ1) is 29.2. The van der Waals surface area contributed by atoms with Crippen LogP contribution in [0, 0.1) is 0 Å². The third-order valence-corrected chi connectivity index (χ3v) is 11.9. The summed E-state index contributed by atoms with van der Waals surface area (Å²) in [5, 5.41) is 4.77. The molecule has 1 heterocycles. The van der Waals surface area contributed by atoms with E-state index in [0.717, 1.165) is 10.4 Å². The Bertz CT molecular complexity index is 1290. The SMILES string of the molecule is CC(C)(C)OC(=O)N[C@H](CO[Si](c1ccccc1)(c1ccccc1)C(C)(C)C)CN1C(=O)c2ccccc2C1=O. The maximum atomic E-state index is 13.2. The van der Waals surface area contributed by atoms with Crippen molar-refractivity contribution in [2.75, 3.05) is 13.2 Å². The Kier molecular flexibility index (Phi) is 8.32. The second-order valence-electron chi connectivity index (χ2n) is 12.1. The molecule has 0 radical (unpaired) electrons. The topological polar surface area (TPSA) is 84.9 Å². The molecular formula is C32H38N2O5Si. The van der Waals surface area contributed by atoms with Gasteiger partial charge in [-0.15, -0.1) is 0 Å². The number of carbonyl (C=O) groups excluding carboxylic acids is 3. The van der Waals surface area contributed by atoms with Crippen molar-refractivity contribution in [1.29, 1.82) is 0 Å². The largest absolute Gasteiger partial charge is 0.444 e. The van der Waals surface area contributed by atoms with Gasteiger partial charge >= 0.3 is 6.09 Å². The minimum Gasteiger partial charge on any atom is -0.444 e. The molecule has 3 aromatic rings. The molecule has 0 bridgehead atoms. The van der Waals surface area contributed by atoms with Crippen molar-refractivity contribution >= 4 is 36.6 Å². The van der Waals surface area contributed by atoms with E-state index in [4.69, 9.17) is 9.16 Å². The van der Waals surface area contributed by atoms with E-state index in [1.807, 2.05) is 36.4 Å². The van der Waals surface area contributed by atoms with Crippen molar-refractivity contribution in [3.05, 3.63) is 96.1 Å². The fourth-order valence-electron chi connectivity index (χ4n) is 5.23. The van der Waals surface area contributed by atoms with E-state index in [0.29, 0.717) is 11.1 Å². The second kappa shape index (κ2) is 11.4. The van der Waals surface area contributed by atoms with Crippen LogP contribution in [0.25, 0.3) is 0 Å². The van der Waals surface area contributed by atoms with E-state index in [-0.39, 0.29) is 30.0 Å². The number of carbonyl (C=O) groups is 3. The van der Waals surface area contributed by atoms with Crippen molar-refractivity contribution in [2.45, 2.75) is 58.2 Å². The van der Waals surface area contributed by atoms with Gasteiger partial charge < -0.3 is 14.5 Å². The highest BCUT2D eigenvalue weighted by Crippen LogP contribution is 2.37. The Balaban J connectivity index is 1.70. The van der Waals surface area contributed by atoms with Crippen LogP contribution in [0.2, 0.25) is 5.04 Å². The first-order valence-corrected chi connectivity index (χ1v) is 15.4. The summed E-state index contributed by atoms with van der Waals surface area (Å²) in [6.07, 6.45) is -0.639. The van der Waals surface area contributed by atoms with Crippen LogP contribution in [0.3, 0.4) is 0 Å². The number of benzene rings is 3. The van der Waals surface area contributed by atoms with Gasteiger partial charge in [-0.1, -0.05) is 93.6 Å². The molecule has 1 aliphatic rings. The van der Waals surface area contributed by atoms with E-state index in [2.05, 4.69) is 50.4 Å². The molecule has 8 heteroatoms. The Morgan fingerprint density at radius 1 is 0.775 bits per heavy atom.